The fourth-order valence-corrected chi connectivity index (χ4v) is 1.19. The number of hydrogen-bond acceptors (Lipinski definition) is 3. The summed E-state index contributed by atoms with van der Waals surface area (Å²) in [5, 5.41) is 10.6. The van der Waals surface area contributed by atoms with Crippen LogP contribution in [0.5, 0.6) is 5.75 Å². The van der Waals surface area contributed by atoms with E-state index < -0.39 is 30.2 Å². The molecule has 18 heavy (non-hydrogen) atoms. The Morgan fingerprint density at radius 3 is 2.72 bits per heavy atom. The molecule has 0 radical (unpaired) electrons. The van der Waals surface area contributed by atoms with E-state index in [0.29, 0.717) is 0 Å². The molecule has 0 spiro atoms. The van der Waals surface area contributed by atoms with Crippen molar-refractivity contribution < 1.29 is 23.8 Å². The molecule has 1 amide bonds. The molecule has 0 aliphatic heterocycles. The average molecular weight is 255 g/mol. The van der Waals surface area contributed by atoms with Crippen LogP contribution in [-0.2, 0) is 9.59 Å². The molecule has 1 rings (SSSR count). The monoisotopic (exact) mass is 255 g/mol. The molecule has 6 heteroatoms. The number of benzene rings is 1. The van der Waals surface area contributed by atoms with Gasteiger partial charge < -0.3 is 15.2 Å². The van der Waals surface area contributed by atoms with E-state index >= 15 is 0 Å². The summed E-state index contributed by atoms with van der Waals surface area (Å²) < 4.78 is 18.3. The van der Waals surface area contributed by atoms with Gasteiger partial charge in [0.15, 0.2) is 11.6 Å². The molecule has 0 aromatic heterocycles. The molecule has 0 heterocycles. The van der Waals surface area contributed by atoms with E-state index in [0.717, 1.165) is 0 Å². The third-order valence-electron chi connectivity index (χ3n) is 2.19. The highest BCUT2D eigenvalue weighted by Gasteiger charge is 2.15. The Morgan fingerprint density at radius 2 is 2.11 bits per heavy atom. The molecule has 0 aliphatic carbocycles. The molecule has 1 aromatic rings. The zero-order chi connectivity index (χ0) is 13.5. The highest BCUT2D eigenvalue weighted by Crippen LogP contribution is 2.16. The standard InChI is InChI=1S/C12H14FNO4/c1-8(12(17)14-6-11(15)16)7-18-10-5-3-2-4-9(10)13/h2-5,8H,6-7H2,1H3,(H,14,17)(H,15,16). The van der Waals surface area contributed by atoms with Gasteiger partial charge in [-0.15, -0.1) is 0 Å². The number of ether oxygens (including phenoxy) is 1. The van der Waals surface area contributed by atoms with Crippen LogP contribution in [-0.4, -0.2) is 30.1 Å². The fourth-order valence-electron chi connectivity index (χ4n) is 1.19. The minimum atomic E-state index is -1.12. The molecular weight excluding hydrogens is 241 g/mol. The van der Waals surface area contributed by atoms with Crippen LogP contribution in [0.2, 0.25) is 0 Å². The summed E-state index contributed by atoms with van der Waals surface area (Å²) in [6.07, 6.45) is 0. The Balaban J connectivity index is 2.41. The van der Waals surface area contributed by atoms with Crippen molar-refractivity contribution in [1.29, 1.82) is 0 Å². The lowest BCUT2D eigenvalue weighted by atomic mass is 10.2. The van der Waals surface area contributed by atoms with Gasteiger partial charge in [0, 0.05) is 0 Å². The van der Waals surface area contributed by atoms with Gasteiger partial charge in [-0.05, 0) is 12.1 Å². The molecule has 2 N–H and O–H groups in total. The fraction of sp³-hybridized carbons (Fsp3) is 0.333. The van der Waals surface area contributed by atoms with Gasteiger partial charge in [0.25, 0.3) is 0 Å². The van der Waals surface area contributed by atoms with Gasteiger partial charge in [-0.3, -0.25) is 9.59 Å². The van der Waals surface area contributed by atoms with E-state index in [1.54, 1.807) is 13.0 Å². The Labute approximate surface area is 104 Å². The minimum Gasteiger partial charge on any atom is -0.490 e. The van der Waals surface area contributed by atoms with Crippen LogP contribution in [0.1, 0.15) is 6.92 Å². The number of aliphatic carboxylic acids is 1. The highest BCUT2D eigenvalue weighted by atomic mass is 19.1. The number of rotatable bonds is 6. The number of carbonyl (C=O) groups is 2. The predicted molar refractivity (Wildman–Crippen MR) is 61.7 cm³/mol. The molecule has 5 nitrogen and oxygen atoms in total. The van der Waals surface area contributed by atoms with Crippen molar-refractivity contribution in [3.05, 3.63) is 30.1 Å². The van der Waals surface area contributed by atoms with Crippen molar-refractivity contribution in [2.75, 3.05) is 13.2 Å². The van der Waals surface area contributed by atoms with Gasteiger partial charge in [0.2, 0.25) is 5.91 Å². The maximum atomic E-state index is 13.2. The van der Waals surface area contributed by atoms with Crippen molar-refractivity contribution in [2.24, 2.45) is 5.92 Å². The first-order valence-corrected chi connectivity index (χ1v) is 5.37. The first-order chi connectivity index (χ1) is 8.50. The van der Waals surface area contributed by atoms with Gasteiger partial charge in [0.1, 0.15) is 6.54 Å². The zero-order valence-electron chi connectivity index (χ0n) is 9.85. The van der Waals surface area contributed by atoms with E-state index in [-0.39, 0.29) is 12.4 Å². The van der Waals surface area contributed by atoms with Crippen LogP contribution in [0.25, 0.3) is 0 Å². The number of halogens is 1. The predicted octanol–water partition coefficient (Wildman–Crippen LogP) is 1.04. The summed E-state index contributed by atoms with van der Waals surface area (Å²) in [6, 6.07) is 5.86. The molecule has 0 saturated heterocycles. The van der Waals surface area contributed by atoms with E-state index in [2.05, 4.69) is 5.32 Å². The van der Waals surface area contributed by atoms with Crippen LogP contribution < -0.4 is 10.1 Å². The maximum absolute atomic E-state index is 13.2. The molecule has 0 fully saturated rings. The lowest BCUT2D eigenvalue weighted by molar-refractivity contribution is -0.138. The smallest absolute Gasteiger partial charge is 0.322 e. The average Bonchev–Trinajstić information content (AvgIpc) is 2.34. The molecule has 1 unspecified atom stereocenters. The number of para-hydroxylation sites is 1. The highest BCUT2D eigenvalue weighted by molar-refractivity contribution is 5.82. The molecule has 1 atom stereocenters. The molecule has 0 aliphatic rings. The summed E-state index contributed by atoms with van der Waals surface area (Å²) in [7, 11) is 0. The Kier molecular flexibility index (Phi) is 5.10. The van der Waals surface area contributed by atoms with Gasteiger partial charge in [-0.25, -0.2) is 4.39 Å². The number of carbonyl (C=O) groups excluding carboxylic acids is 1. The summed E-state index contributed by atoms with van der Waals surface area (Å²) in [6.45, 7) is 1.10. The second-order valence-corrected chi connectivity index (χ2v) is 3.75. The van der Waals surface area contributed by atoms with E-state index in [1.807, 2.05) is 0 Å². The summed E-state index contributed by atoms with van der Waals surface area (Å²) >= 11 is 0. The zero-order valence-corrected chi connectivity index (χ0v) is 9.85. The van der Waals surface area contributed by atoms with Gasteiger partial charge >= 0.3 is 5.97 Å². The molecule has 1 aromatic carbocycles. The maximum Gasteiger partial charge on any atom is 0.322 e. The van der Waals surface area contributed by atoms with E-state index in [1.165, 1.54) is 18.2 Å². The first kappa shape index (κ1) is 14.0. The lowest BCUT2D eigenvalue weighted by Gasteiger charge is -2.12. The molecule has 0 bridgehead atoms. The van der Waals surface area contributed by atoms with Gasteiger partial charge in [-0.1, -0.05) is 19.1 Å². The third-order valence-corrected chi connectivity index (χ3v) is 2.19. The van der Waals surface area contributed by atoms with Crippen LogP contribution in [0, 0.1) is 11.7 Å². The van der Waals surface area contributed by atoms with E-state index in [9.17, 15) is 14.0 Å². The van der Waals surface area contributed by atoms with Crippen molar-refractivity contribution >= 4 is 11.9 Å². The van der Waals surface area contributed by atoms with Crippen LogP contribution in [0.15, 0.2) is 24.3 Å². The third kappa shape index (κ3) is 4.40. The summed E-state index contributed by atoms with van der Waals surface area (Å²) in [5.41, 5.74) is 0. The number of carboxylic acid groups (broad SMARTS) is 1. The number of hydrogen-bond donors (Lipinski definition) is 2. The number of nitrogens with one attached hydrogen (secondary N) is 1. The number of carboxylic acids is 1. The topological polar surface area (TPSA) is 75.6 Å². The minimum absolute atomic E-state index is 0.0214. The van der Waals surface area contributed by atoms with Gasteiger partial charge in [0.05, 0.1) is 12.5 Å². The Bertz CT molecular complexity index is 436. The second-order valence-electron chi connectivity index (χ2n) is 3.75. The number of amides is 1. The quantitative estimate of drug-likeness (QED) is 0.796. The van der Waals surface area contributed by atoms with Crippen molar-refractivity contribution in [1.82, 2.24) is 5.32 Å². The molecule has 98 valence electrons. The van der Waals surface area contributed by atoms with Crippen LogP contribution in [0.3, 0.4) is 0 Å². The second kappa shape index (κ2) is 6.58. The molecular formula is C12H14FNO4. The summed E-state index contributed by atoms with van der Waals surface area (Å²) in [5.74, 6) is -2.57. The Morgan fingerprint density at radius 1 is 1.44 bits per heavy atom. The lowest BCUT2D eigenvalue weighted by Crippen LogP contribution is -2.35. The van der Waals surface area contributed by atoms with Crippen molar-refractivity contribution in [2.45, 2.75) is 6.92 Å². The largest absolute Gasteiger partial charge is 0.490 e. The van der Waals surface area contributed by atoms with Crippen LogP contribution >= 0.6 is 0 Å². The van der Waals surface area contributed by atoms with Crippen molar-refractivity contribution in [3.8, 4) is 5.75 Å². The molecule has 0 saturated carbocycles. The first-order valence-electron chi connectivity index (χ1n) is 5.37. The van der Waals surface area contributed by atoms with Gasteiger partial charge in [-0.2, -0.15) is 0 Å². The van der Waals surface area contributed by atoms with E-state index in [4.69, 9.17) is 9.84 Å². The van der Waals surface area contributed by atoms with Crippen LogP contribution in [0.4, 0.5) is 4.39 Å². The van der Waals surface area contributed by atoms with Crippen molar-refractivity contribution in [3.63, 3.8) is 0 Å². The Hall–Kier alpha value is -2.11. The normalized spacial score (nSPS) is 11.7. The summed E-state index contributed by atoms with van der Waals surface area (Å²) in [4.78, 5) is 21.7. The SMILES string of the molecule is CC(COc1ccccc1F)C(=O)NCC(=O)O.